The molecule has 2 heterocycles. The summed E-state index contributed by atoms with van der Waals surface area (Å²) in [5, 5.41) is 3.02. The van der Waals surface area contributed by atoms with Crippen LogP contribution in [0, 0.1) is 0 Å². The summed E-state index contributed by atoms with van der Waals surface area (Å²) in [6.07, 6.45) is 0. The van der Waals surface area contributed by atoms with Gasteiger partial charge in [0.1, 0.15) is 11.0 Å². The molecule has 0 radical (unpaired) electrons. The Bertz CT molecular complexity index is 1180. The molecule has 0 aliphatic carbocycles. The molecule has 0 fully saturated rings. The molecular formula is C24H20N2O5S. The molecule has 1 aliphatic rings. The van der Waals surface area contributed by atoms with Crippen molar-refractivity contribution in [2.75, 3.05) is 11.9 Å². The smallest absolute Gasteiger partial charge is 0.341 e. The highest BCUT2D eigenvalue weighted by molar-refractivity contribution is 7.20. The number of hydrogen-bond acceptors (Lipinski definition) is 6. The van der Waals surface area contributed by atoms with E-state index in [1.54, 1.807) is 37.3 Å². The molecule has 3 aromatic rings. The SMILES string of the molecule is CCOC(=O)c1cc(-c2ccccc2)sc1NC(=O)[C@H](C)N1C(=O)c2ccccc2C1=O. The van der Waals surface area contributed by atoms with E-state index >= 15 is 0 Å². The molecule has 32 heavy (non-hydrogen) atoms. The number of fused-ring (bicyclic) bond motifs is 1. The molecule has 0 bridgehead atoms. The third-order valence-electron chi connectivity index (χ3n) is 5.11. The number of nitrogens with one attached hydrogen (secondary N) is 1. The van der Waals surface area contributed by atoms with Crippen LogP contribution in [0.3, 0.4) is 0 Å². The van der Waals surface area contributed by atoms with Crippen molar-refractivity contribution in [1.29, 1.82) is 0 Å². The van der Waals surface area contributed by atoms with Gasteiger partial charge < -0.3 is 10.1 Å². The van der Waals surface area contributed by atoms with Gasteiger partial charge in [0.25, 0.3) is 11.8 Å². The zero-order valence-corrected chi connectivity index (χ0v) is 18.3. The fourth-order valence-corrected chi connectivity index (χ4v) is 4.54. The lowest BCUT2D eigenvalue weighted by atomic mass is 10.1. The summed E-state index contributed by atoms with van der Waals surface area (Å²) in [5.41, 5.74) is 1.65. The molecule has 2 aromatic carbocycles. The van der Waals surface area contributed by atoms with E-state index in [0.29, 0.717) is 5.00 Å². The summed E-state index contributed by atoms with van der Waals surface area (Å²) in [6, 6.07) is 16.5. The number of hydrogen-bond donors (Lipinski definition) is 1. The standard InChI is InChI=1S/C24H20N2O5S/c1-3-31-24(30)18-13-19(15-9-5-4-6-10-15)32-21(18)25-20(27)14(2)26-22(28)16-11-7-8-12-17(16)23(26)29/h4-14H,3H2,1-2H3,(H,25,27)/t14-/m0/s1. The Hall–Kier alpha value is -3.78. The number of rotatable bonds is 6. The molecule has 1 atom stereocenters. The van der Waals surface area contributed by atoms with E-state index in [0.717, 1.165) is 15.3 Å². The highest BCUT2D eigenvalue weighted by Gasteiger charge is 2.40. The normalized spacial score (nSPS) is 13.6. The van der Waals surface area contributed by atoms with Gasteiger partial charge in [0.05, 0.1) is 23.3 Å². The van der Waals surface area contributed by atoms with Gasteiger partial charge in [0, 0.05) is 4.88 Å². The van der Waals surface area contributed by atoms with E-state index in [4.69, 9.17) is 4.74 Å². The van der Waals surface area contributed by atoms with Crippen LogP contribution >= 0.6 is 11.3 Å². The molecule has 0 saturated carbocycles. The maximum absolute atomic E-state index is 13.0. The summed E-state index contributed by atoms with van der Waals surface area (Å²) < 4.78 is 5.13. The van der Waals surface area contributed by atoms with E-state index in [1.807, 2.05) is 30.3 Å². The molecule has 0 saturated heterocycles. The molecule has 0 unspecified atom stereocenters. The zero-order valence-electron chi connectivity index (χ0n) is 17.5. The first-order valence-corrected chi connectivity index (χ1v) is 10.9. The van der Waals surface area contributed by atoms with Crippen LogP contribution in [0.5, 0.6) is 0 Å². The average molecular weight is 449 g/mol. The summed E-state index contributed by atoms with van der Waals surface area (Å²) in [4.78, 5) is 52.6. The van der Waals surface area contributed by atoms with Crippen LogP contribution in [-0.2, 0) is 9.53 Å². The molecule has 7 nitrogen and oxygen atoms in total. The van der Waals surface area contributed by atoms with Gasteiger partial charge in [-0.1, -0.05) is 42.5 Å². The molecule has 0 spiro atoms. The van der Waals surface area contributed by atoms with Crippen molar-refractivity contribution >= 4 is 40.0 Å². The maximum Gasteiger partial charge on any atom is 0.341 e. The molecule has 1 aromatic heterocycles. The highest BCUT2D eigenvalue weighted by atomic mass is 32.1. The second-order valence-corrected chi connectivity index (χ2v) is 8.18. The summed E-state index contributed by atoms with van der Waals surface area (Å²) in [5.74, 6) is -2.17. The fraction of sp³-hybridized carbons (Fsp3) is 0.167. The van der Waals surface area contributed by atoms with Crippen LogP contribution in [-0.4, -0.2) is 41.2 Å². The van der Waals surface area contributed by atoms with E-state index in [9.17, 15) is 19.2 Å². The number of carbonyl (C=O) groups is 4. The number of imide groups is 1. The quantitative estimate of drug-likeness (QED) is 0.450. The van der Waals surface area contributed by atoms with Crippen LogP contribution in [0.4, 0.5) is 5.00 Å². The molecule has 1 aliphatic heterocycles. The Balaban J connectivity index is 1.61. The Kier molecular flexibility index (Phi) is 5.87. The van der Waals surface area contributed by atoms with E-state index < -0.39 is 29.7 Å². The lowest BCUT2D eigenvalue weighted by Gasteiger charge is -2.21. The van der Waals surface area contributed by atoms with Crippen molar-refractivity contribution in [3.63, 3.8) is 0 Å². The van der Waals surface area contributed by atoms with E-state index in [2.05, 4.69) is 5.32 Å². The number of ether oxygens (including phenoxy) is 1. The van der Waals surface area contributed by atoms with Crippen molar-refractivity contribution < 1.29 is 23.9 Å². The number of thiophene rings is 1. The summed E-state index contributed by atoms with van der Waals surface area (Å²) >= 11 is 1.22. The predicted molar refractivity (Wildman–Crippen MR) is 121 cm³/mol. The van der Waals surface area contributed by atoms with Crippen LogP contribution in [0.25, 0.3) is 10.4 Å². The fourth-order valence-electron chi connectivity index (χ4n) is 3.48. The first-order valence-electron chi connectivity index (χ1n) is 10.1. The van der Waals surface area contributed by atoms with Crippen molar-refractivity contribution in [2.45, 2.75) is 19.9 Å². The Morgan fingerprint density at radius 2 is 1.59 bits per heavy atom. The highest BCUT2D eigenvalue weighted by Crippen LogP contribution is 2.36. The third kappa shape index (κ3) is 3.80. The van der Waals surface area contributed by atoms with Gasteiger partial charge in [-0.15, -0.1) is 11.3 Å². The van der Waals surface area contributed by atoms with Gasteiger partial charge in [-0.05, 0) is 37.6 Å². The Labute approximate surface area is 188 Å². The van der Waals surface area contributed by atoms with Crippen molar-refractivity contribution in [3.05, 3.63) is 77.4 Å². The number of esters is 1. The molecule has 8 heteroatoms. The minimum absolute atomic E-state index is 0.189. The zero-order chi connectivity index (χ0) is 22.8. The maximum atomic E-state index is 13.0. The minimum atomic E-state index is -1.07. The first kappa shape index (κ1) is 21.5. The van der Waals surface area contributed by atoms with E-state index in [-0.39, 0.29) is 23.3 Å². The molecule has 4 rings (SSSR count). The second kappa shape index (κ2) is 8.76. The third-order valence-corrected chi connectivity index (χ3v) is 6.21. The lowest BCUT2D eigenvalue weighted by molar-refractivity contribution is -0.119. The molecular weight excluding hydrogens is 428 g/mol. The van der Waals surface area contributed by atoms with Crippen LogP contribution in [0.2, 0.25) is 0 Å². The Morgan fingerprint density at radius 3 is 2.19 bits per heavy atom. The second-order valence-electron chi connectivity index (χ2n) is 7.13. The van der Waals surface area contributed by atoms with Crippen LogP contribution in [0.15, 0.2) is 60.7 Å². The van der Waals surface area contributed by atoms with Crippen molar-refractivity contribution in [3.8, 4) is 10.4 Å². The minimum Gasteiger partial charge on any atom is -0.462 e. The van der Waals surface area contributed by atoms with Gasteiger partial charge in [0.15, 0.2) is 0 Å². The van der Waals surface area contributed by atoms with Crippen molar-refractivity contribution in [1.82, 2.24) is 4.90 Å². The number of carbonyl (C=O) groups excluding carboxylic acids is 4. The number of nitrogens with zero attached hydrogens (tertiary/aromatic N) is 1. The molecule has 162 valence electrons. The molecule has 1 N–H and O–H groups in total. The first-order chi connectivity index (χ1) is 15.4. The summed E-state index contributed by atoms with van der Waals surface area (Å²) in [6.45, 7) is 3.37. The monoisotopic (exact) mass is 448 g/mol. The predicted octanol–water partition coefficient (Wildman–Crippen LogP) is 4.22. The van der Waals surface area contributed by atoms with Crippen LogP contribution in [0.1, 0.15) is 44.9 Å². The van der Waals surface area contributed by atoms with Gasteiger partial charge in [-0.2, -0.15) is 0 Å². The molecule has 3 amide bonds. The van der Waals surface area contributed by atoms with Gasteiger partial charge in [-0.25, -0.2) is 4.79 Å². The summed E-state index contributed by atoms with van der Waals surface area (Å²) in [7, 11) is 0. The van der Waals surface area contributed by atoms with Gasteiger partial charge >= 0.3 is 5.97 Å². The topological polar surface area (TPSA) is 92.8 Å². The van der Waals surface area contributed by atoms with Gasteiger partial charge in [-0.3, -0.25) is 19.3 Å². The largest absolute Gasteiger partial charge is 0.462 e. The van der Waals surface area contributed by atoms with Gasteiger partial charge in [0.2, 0.25) is 5.91 Å². The number of anilines is 1. The van der Waals surface area contributed by atoms with Crippen molar-refractivity contribution in [2.24, 2.45) is 0 Å². The average Bonchev–Trinajstić information content (AvgIpc) is 3.33. The van der Waals surface area contributed by atoms with E-state index in [1.165, 1.54) is 18.3 Å². The Morgan fingerprint density at radius 1 is 1.00 bits per heavy atom. The number of amides is 3. The lowest BCUT2D eigenvalue weighted by Crippen LogP contribution is -2.45. The van der Waals surface area contributed by atoms with Crippen LogP contribution < -0.4 is 5.32 Å². The number of benzene rings is 2.